The Hall–Kier alpha value is -4.46. The summed E-state index contributed by atoms with van der Waals surface area (Å²) in [6.07, 6.45) is -2.89. The number of ether oxygens (including phenoxy) is 2. The van der Waals surface area contributed by atoms with E-state index < -0.39 is 11.7 Å². The maximum atomic E-state index is 12.9. The lowest BCUT2D eigenvalue weighted by atomic mass is 10.0. The van der Waals surface area contributed by atoms with Crippen molar-refractivity contribution in [3.8, 4) is 5.75 Å². The predicted molar refractivity (Wildman–Crippen MR) is 134 cm³/mol. The lowest BCUT2D eigenvalue weighted by molar-refractivity contribution is -0.137. The van der Waals surface area contributed by atoms with Gasteiger partial charge in [0.25, 0.3) is 0 Å². The van der Waals surface area contributed by atoms with Crippen LogP contribution in [-0.4, -0.2) is 16.8 Å². The van der Waals surface area contributed by atoms with Crippen LogP contribution in [-0.2, 0) is 17.5 Å². The molecule has 0 radical (unpaired) electrons. The monoisotopic (exact) mass is 489 g/mol. The molecule has 0 aliphatic carbocycles. The van der Waals surface area contributed by atoms with Crippen LogP contribution in [0.5, 0.6) is 5.75 Å². The molecule has 0 aliphatic heterocycles. The summed E-state index contributed by atoms with van der Waals surface area (Å²) in [5, 5.41) is 16.8. The van der Waals surface area contributed by atoms with Crippen molar-refractivity contribution in [3.05, 3.63) is 107 Å². The number of aromatic nitrogens is 1. The zero-order valence-electron chi connectivity index (χ0n) is 19.3. The molecular formula is C28H22F3N3O2. The first-order valence-corrected chi connectivity index (χ1v) is 11.0. The lowest BCUT2D eigenvalue weighted by Gasteiger charge is -2.12. The molecular weight excluding hydrogens is 467 g/mol. The third kappa shape index (κ3) is 6.15. The SMILES string of the molecule is CC(=N)OC(=N)C(=Cc1ccc(C(F)(F)F)cc1)c1ccc(OCc2ccc3ccccc3n2)cc1. The van der Waals surface area contributed by atoms with Crippen LogP contribution in [0.15, 0.2) is 84.9 Å². The molecule has 8 heteroatoms. The zero-order valence-corrected chi connectivity index (χ0v) is 19.3. The normalized spacial score (nSPS) is 11.8. The largest absolute Gasteiger partial charge is 0.487 e. The highest BCUT2D eigenvalue weighted by atomic mass is 19.4. The van der Waals surface area contributed by atoms with Crippen LogP contribution in [0.25, 0.3) is 22.6 Å². The van der Waals surface area contributed by atoms with Gasteiger partial charge in [0, 0.05) is 17.9 Å². The Morgan fingerprint density at radius 1 is 0.889 bits per heavy atom. The maximum absolute atomic E-state index is 12.9. The molecule has 4 rings (SSSR count). The van der Waals surface area contributed by atoms with E-state index >= 15 is 0 Å². The van der Waals surface area contributed by atoms with E-state index in [2.05, 4.69) is 4.98 Å². The Bertz CT molecular complexity index is 1430. The highest BCUT2D eigenvalue weighted by molar-refractivity contribution is 6.25. The minimum Gasteiger partial charge on any atom is -0.487 e. The highest BCUT2D eigenvalue weighted by Crippen LogP contribution is 2.30. The maximum Gasteiger partial charge on any atom is 0.416 e. The molecule has 182 valence electrons. The summed E-state index contributed by atoms with van der Waals surface area (Å²) in [5.41, 5.74) is 2.24. The van der Waals surface area contributed by atoms with Crippen molar-refractivity contribution in [2.75, 3.05) is 0 Å². The molecule has 0 fully saturated rings. The van der Waals surface area contributed by atoms with Crippen LogP contribution in [0, 0.1) is 10.8 Å². The van der Waals surface area contributed by atoms with Gasteiger partial charge in [-0.2, -0.15) is 13.2 Å². The molecule has 5 nitrogen and oxygen atoms in total. The fraction of sp³-hybridized carbons (Fsp3) is 0.107. The van der Waals surface area contributed by atoms with Gasteiger partial charge in [0.15, 0.2) is 5.90 Å². The van der Waals surface area contributed by atoms with Gasteiger partial charge in [-0.3, -0.25) is 10.8 Å². The summed E-state index contributed by atoms with van der Waals surface area (Å²) in [6.45, 7) is 1.66. The van der Waals surface area contributed by atoms with Crippen molar-refractivity contribution in [2.45, 2.75) is 19.7 Å². The zero-order chi connectivity index (χ0) is 25.7. The average molecular weight is 489 g/mol. The van der Waals surface area contributed by atoms with Gasteiger partial charge in [0.05, 0.1) is 16.8 Å². The van der Waals surface area contributed by atoms with Crippen LogP contribution >= 0.6 is 0 Å². The summed E-state index contributed by atoms with van der Waals surface area (Å²) in [4.78, 5) is 4.59. The molecule has 0 unspecified atom stereocenters. The number of fused-ring (bicyclic) bond motifs is 1. The van der Waals surface area contributed by atoms with Gasteiger partial charge in [0.1, 0.15) is 12.4 Å². The number of benzene rings is 3. The number of halogens is 3. The van der Waals surface area contributed by atoms with Crippen molar-refractivity contribution in [1.82, 2.24) is 4.98 Å². The Labute approximate surface area is 205 Å². The number of nitrogens with zero attached hydrogens (tertiary/aromatic N) is 1. The Kier molecular flexibility index (Phi) is 7.15. The van der Waals surface area contributed by atoms with Crippen LogP contribution in [0.4, 0.5) is 13.2 Å². The summed E-state index contributed by atoms with van der Waals surface area (Å²) in [5.74, 6) is 0.107. The van der Waals surface area contributed by atoms with E-state index in [0.29, 0.717) is 22.4 Å². The number of alkyl halides is 3. The van der Waals surface area contributed by atoms with Gasteiger partial charge in [-0.25, -0.2) is 4.98 Å². The van der Waals surface area contributed by atoms with E-state index in [9.17, 15) is 13.2 Å². The van der Waals surface area contributed by atoms with Gasteiger partial charge < -0.3 is 9.47 Å². The van der Waals surface area contributed by atoms with Crippen molar-refractivity contribution in [3.63, 3.8) is 0 Å². The number of pyridine rings is 1. The molecule has 0 saturated carbocycles. The molecule has 0 spiro atoms. The quantitative estimate of drug-likeness (QED) is 0.169. The molecule has 0 bridgehead atoms. The summed E-state index contributed by atoms with van der Waals surface area (Å²) in [6, 6.07) is 23.2. The van der Waals surface area contributed by atoms with E-state index in [1.54, 1.807) is 30.3 Å². The second-order valence-electron chi connectivity index (χ2n) is 7.97. The van der Waals surface area contributed by atoms with E-state index in [0.717, 1.165) is 28.7 Å². The molecule has 0 amide bonds. The van der Waals surface area contributed by atoms with Crippen molar-refractivity contribution >= 4 is 34.3 Å². The lowest BCUT2D eigenvalue weighted by Crippen LogP contribution is -2.10. The number of hydrogen-bond donors (Lipinski definition) is 2. The van der Waals surface area contributed by atoms with Crippen LogP contribution in [0.3, 0.4) is 0 Å². The number of hydrogen-bond acceptors (Lipinski definition) is 5. The Morgan fingerprint density at radius 2 is 1.58 bits per heavy atom. The van der Waals surface area contributed by atoms with Gasteiger partial charge in [-0.1, -0.05) is 48.5 Å². The number of para-hydroxylation sites is 1. The molecule has 0 aliphatic rings. The van der Waals surface area contributed by atoms with E-state index in [1.165, 1.54) is 19.1 Å². The fourth-order valence-electron chi connectivity index (χ4n) is 3.50. The van der Waals surface area contributed by atoms with Gasteiger partial charge in [0.2, 0.25) is 5.90 Å². The summed E-state index contributed by atoms with van der Waals surface area (Å²) in [7, 11) is 0. The second-order valence-corrected chi connectivity index (χ2v) is 7.97. The molecule has 36 heavy (non-hydrogen) atoms. The van der Waals surface area contributed by atoms with E-state index in [4.69, 9.17) is 20.3 Å². The topological polar surface area (TPSA) is 79.0 Å². The first-order valence-electron chi connectivity index (χ1n) is 11.0. The molecule has 4 aromatic rings. The minimum atomic E-state index is -4.43. The fourth-order valence-corrected chi connectivity index (χ4v) is 3.50. The molecule has 0 atom stereocenters. The summed E-state index contributed by atoms with van der Waals surface area (Å²) >= 11 is 0. The van der Waals surface area contributed by atoms with Gasteiger partial charge in [-0.05, 0) is 53.6 Å². The van der Waals surface area contributed by atoms with Crippen LogP contribution in [0.1, 0.15) is 29.3 Å². The first-order chi connectivity index (χ1) is 17.2. The van der Waals surface area contributed by atoms with Crippen LogP contribution < -0.4 is 4.74 Å². The number of nitrogens with one attached hydrogen (secondary N) is 2. The number of rotatable bonds is 6. The Balaban J connectivity index is 1.54. The molecule has 0 saturated heterocycles. The van der Waals surface area contributed by atoms with E-state index in [1.807, 2.05) is 36.4 Å². The third-order valence-corrected chi connectivity index (χ3v) is 5.26. The average Bonchev–Trinajstić information content (AvgIpc) is 2.85. The Morgan fingerprint density at radius 3 is 2.25 bits per heavy atom. The first kappa shape index (κ1) is 24.7. The summed E-state index contributed by atoms with van der Waals surface area (Å²) < 4.78 is 49.7. The van der Waals surface area contributed by atoms with Crippen molar-refractivity contribution in [2.24, 2.45) is 0 Å². The standard InChI is InChI=1S/C28H22F3N3O2/c1-18(32)36-27(33)25(16-19-6-11-22(12-7-19)28(29,30)31)20-9-14-24(15-10-20)35-17-23-13-8-21-4-2-3-5-26(21)34-23/h2-16,32-33H,17H2,1H3. The molecule has 2 N–H and O–H groups in total. The molecule has 1 heterocycles. The molecule has 3 aromatic carbocycles. The smallest absolute Gasteiger partial charge is 0.416 e. The highest BCUT2D eigenvalue weighted by Gasteiger charge is 2.29. The van der Waals surface area contributed by atoms with Gasteiger partial charge in [-0.15, -0.1) is 0 Å². The van der Waals surface area contributed by atoms with Crippen LogP contribution in [0.2, 0.25) is 0 Å². The van der Waals surface area contributed by atoms with E-state index in [-0.39, 0.29) is 18.4 Å². The predicted octanol–water partition coefficient (Wildman–Crippen LogP) is 7.36. The third-order valence-electron chi connectivity index (χ3n) is 5.26. The van der Waals surface area contributed by atoms with Gasteiger partial charge >= 0.3 is 6.18 Å². The minimum absolute atomic E-state index is 0.179. The second kappa shape index (κ2) is 10.4. The van der Waals surface area contributed by atoms with Crippen molar-refractivity contribution in [1.29, 1.82) is 10.8 Å². The van der Waals surface area contributed by atoms with Crippen molar-refractivity contribution < 1.29 is 22.6 Å². The molecule has 1 aromatic heterocycles.